The number of para-hydroxylation sites is 1. The van der Waals surface area contributed by atoms with Crippen molar-refractivity contribution in [3.8, 4) is 0 Å². The average molecular weight is 184 g/mol. The van der Waals surface area contributed by atoms with Gasteiger partial charge in [-0.15, -0.1) is 0 Å². The van der Waals surface area contributed by atoms with Crippen molar-refractivity contribution < 1.29 is 0 Å². The van der Waals surface area contributed by atoms with Crippen molar-refractivity contribution >= 4 is 16.6 Å². The second-order valence-electron chi connectivity index (χ2n) is 3.84. The molecule has 14 heavy (non-hydrogen) atoms. The summed E-state index contributed by atoms with van der Waals surface area (Å²) in [7, 11) is 0. The maximum absolute atomic E-state index is 4.40. The smallest absolute Gasteiger partial charge is 0.0703 e. The van der Waals surface area contributed by atoms with Crippen LogP contribution in [0.3, 0.4) is 0 Å². The van der Waals surface area contributed by atoms with E-state index >= 15 is 0 Å². The monoisotopic (exact) mass is 184 g/mol. The van der Waals surface area contributed by atoms with Gasteiger partial charge >= 0.3 is 0 Å². The summed E-state index contributed by atoms with van der Waals surface area (Å²) in [6.07, 6.45) is 4.51. The van der Waals surface area contributed by atoms with Crippen LogP contribution in [0.25, 0.3) is 10.9 Å². The number of fused-ring (bicyclic) bond motifs is 1. The van der Waals surface area contributed by atoms with E-state index in [-0.39, 0.29) is 0 Å². The molecule has 0 unspecified atom stereocenters. The number of aromatic nitrogens is 1. The first kappa shape index (κ1) is 7.80. The van der Waals surface area contributed by atoms with Gasteiger partial charge in [0.25, 0.3) is 0 Å². The number of nitrogens with zero attached hydrogens (tertiary/aromatic N) is 1. The highest BCUT2D eigenvalue weighted by Crippen LogP contribution is 2.25. The zero-order chi connectivity index (χ0) is 9.38. The zero-order valence-corrected chi connectivity index (χ0v) is 7.90. The molecule has 2 nitrogen and oxygen atoms in total. The lowest BCUT2D eigenvalue weighted by molar-refractivity contribution is 1.15. The van der Waals surface area contributed by atoms with Crippen molar-refractivity contribution in [2.75, 3.05) is 5.32 Å². The Hall–Kier alpha value is -1.57. The molecule has 1 fully saturated rings. The molecule has 1 heterocycles. The van der Waals surface area contributed by atoms with E-state index in [1.807, 2.05) is 24.4 Å². The van der Waals surface area contributed by atoms with Gasteiger partial charge in [0.1, 0.15) is 0 Å². The van der Waals surface area contributed by atoms with Gasteiger partial charge in [0.2, 0.25) is 0 Å². The molecule has 0 atom stereocenters. The molecule has 0 bridgehead atoms. The Balaban J connectivity index is 2.01. The van der Waals surface area contributed by atoms with Gasteiger partial charge in [0.15, 0.2) is 0 Å². The van der Waals surface area contributed by atoms with Gasteiger partial charge in [-0.25, -0.2) is 0 Å². The highest BCUT2D eigenvalue weighted by Gasteiger charge is 2.20. The molecule has 0 saturated heterocycles. The molecule has 0 radical (unpaired) electrons. The van der Waals surface area contributed by atoms with Crippen LogP contribution in [-0.2, 0) is 0 Å². The number of anilines is 1. The Bertz CT molecular complexity index is 461. The van der Waals surface area contributed by atoms with E-state index in [4.69, 9.17) is 0 Å². The average Bonchev–Trinajstić information content (AvgIpc) is 3.02. The summed E-state index contributed by atoms with van der Waals surface area (Å²) < 4.78 is 0. The van der Waals surface area contributed by atoms with Crippen LogP contribution in [0.1, 0.15) is 12.8 Å². The molecule has 1 aromatic heterocycles. The van der Waals surface area contributed by atoms with Gasteiger partial charge in [0.05, 0.1) is 17.4 Å². The van der Waals surface area contributed by atoms with E-state index in [9.17, 15) is 0 Å². The molecular weight excluding hydrogens is 172 g/mol. The van der Waals surface area contributed by atoms with Crippen LogP contribution < -0.4 is 5.32 Å². The quantitative estimate of drug-likeness (QED) is 0.776. The number of nitrogens with one attached hydrogen (secondary N) is 1. The van der Waals surface area contributed by atoms with Gasteiger partial charge in [-0.3, -0.25) is 4.98 Å². The van der Waals surface area contributed by atoms with E-state index in [0.717, 1.165) is 11.2 Å². The van der Waals surface area contributed by atoms with Gasteiger partial charge in [0, 0.05) is 11.4 Å². The zero-order valence-electron chi connectivity index (χ0n) is 7.90. The predicted octanol–water partition coefficient (Wildman–Crippen LogP) is 2.81. The van der Waals surface area contributed by atoms with Crippen LogP contribution in [0.2, 0.25) is 0 Å². The third-order valence-corrected chi connectivity index (χ3v) is 2.54. The molecule has 1 saturated carbocycles. The minimum Gasteiger partial charge on any atom is -0.381 e. The number of hydrogen-bond donors (Lipinski definition) is 1. The summed E-state index contributed by atoms with van der Waals surface area (Å²) in [5, 5.41) is 4.65. The summed E-state index contributed by atoms with van der Waals surface area (Å²) in [5.74, 6) is 0. The lowest BCUT2D eigenvalue weighted by atomic mass is 10.2. The van der Waals surface area contributed by atoms with Crippen molar-refractivity contribution in [1.82, 2.24) is 4.98 Å². The SMILES string of the molecule is c1ccc2ncc(NC3CC3)cc2c1. The second kappa shape index (κ2) is 2.98. The standard InChI is InChI=1S/C12H12N2/c1-2-4-12-9(3-1)7-11(8-13-12)14-10-5-6-10/h1-4,7-8,10,14H,5-6H2. The topological polar surface area (TPSA) is 24.9 Å². The number of benzene rings is 1. The largest absolute Gasteiger partial charge is 0.381 e. The van der Waals surface area contributed by atoms with Crippen molar-refractivity contribution in [1.29, 1.82) is 0 Å². The Morgan fingerprint density at radius 3 is 2.93 bits per heavy atom. The van der Waals surface area contributed by atoms with Crippen LogP contribution in [0, 0.1) is 0 Å². The van der Waals surface area contributed by atoms with Crippen LogP contribution in [0.4, 0.5) is 5.69 Å². The van der Waals surface area contributed by atoms with E-state index in [1.165, 1.54) is 18.2 Å². The predicted molar refractivity (Wildman–Crippen MR) is 58.4 cm³/mol. The molecule has 0 spiro atoms. The Labute approximate surface area is 83.0 Å². The second-order valence-corrected chi connectivity index (χ2v) is 3.84. The van der Waals surface area contributed by atoms with Gasteiger partial charge in [-0.05, 0) is 25.0 Å². The molecule has 2 heteroatoms. The Morgan fingerprint density at radius 1 is 1.21 bits per heavy atom. The third kappa shape index (κ3) is 1.43. The normalized spacial score (nSPS) is 15.7. The molecule has 1 aliphatic rings. The summed E-state index contributed by atoms with van der Waals surface area (Å²) in [6, 6.07) is 11.1. The highest BCUT2D eigenvalue weighted by molar-refractivity contribution is 5.81. The summed E-state index contributed by atoms with van der Waals surface area (Å²) in [5.41, 5.74) is 2.21. The van der Waals surface area contributed by atoms with Crippen LogP contribution in [0.5, 0.6) is 0 Å². The first-order chi connectivity index (χ1) is 6.92. The molecule has 1 aliphatic carbocycles. The molecular formula is C12H12N2. The number of rotatable bonds is 2. The van der Waals surface area contributed by atoms with Crippen LogP contribution in [-0.4, -0.2) is 11.0 Å². The van der Waals surface area contributed by atoms with E-state index in [1.54, 1.807) is 0 Å². The van der Waals surface area contributed by atoms with E-state index in [2.05, 4.69) is 22.4 Å². The van der Waals surface area contributed by atoms with E-state index in [0.29, 0.717) is 6.04 Å². The molecule has 1 aromatic carbocycles. The fourth-order valence-corrected chi connectivity index (χ4v) is 1.61. The summed E-state index contributed by atoms with van der Waals surface area (Å²) in [4.78, 5) is 4.40. The molecule has 0 amide bonds. The number of pyridine rings is 1. The van der Waals surface area contributed by atoms with Crippen molar-refractivity contribution in [3.63, 3.8) is 0 Å². The lowest BCUT2D eigenvalue weighted by Crippen LogP contribution is -2.00. The minimum absolute atomic E-state index is 0.693. The van der Waals surface area contributed by atoms with Crippen LogP contribution in [0.15, 0.2) is 36.5 Å². The first-order valence-corrected chi connectivity index (χ1v) is 5.03. The van der Waals surface area contributed by atoms with Gasteiger partial charge < -0.3 is 5.32 Å². The van der Waals surface area contributed by atoms with Crippen molar-refractivity contribution in [3.05, 3.63) is 36.5 Å². The molecule has 0 aliphatic heterocycles. The van der Waals surface area contributed by atoms with Crippen molar-refractivity contribution in [2.45, 2.75) is 18.9 Å². The van der Waals surface area contributed by atoms with Gasteiger partial charge in [-0.1, -0.05) is 18.2 Å². The summed E-state index contributed by atoms with van der Waals surface area (Å²) >= 11 is 0. The third-order valence-electron chi connectivity index (χ3n) is 2.54. The maximum atomic E-state index is 4.40. The lowest BCUT2D eigenvalue weighted by Gasteiger charge is -2.04. The van der Waals surface area contributed by atoms with Crippen molar-refractivity contribution in [2.24, 2.45) is 0 Å². The fourth-order valence-electron chi connectivity index (χ4n) is 1.61. The first-order valence-electron chi connectivity index (χ1n) is 5.03. The highest BCUT2D eigenvalue weighted by atomic mass is 15.0. The van der Waals surface area contributed by atoms with Crippen LogP contribution >= 0.6 is 0 Å². The molecule has 1 N–H and O–H groups in total. The minimum atomic E-state index is 0.693. The maximum Gasteiger partial charge on any atom is 0.0703 e. The molecule has 2 aromatic rings. The van der Waals surface area contributed by atoms with Gasteiger partial charge in [-0.2, -0.15) is 0 Å². The Morgan fingerprint density at radius 2 is 2.07 bits per heavy atom. The molecule has 3 rings (SSSR count). The Kier molecular flexibility index (Phi) is 1.66. The molecule has 70 valence electrons. The van der Waals surface area contributed by atoms with E-state index < -0.39 is 0 Å². The number of hydrogen-bond acceptors (Lipinski definition) is 2. The summed E-state index contributed by atoms with van der Waals surface area (Å²) in [6.45, 7) is 0. The fraction of sp³-hybridized carbons (Fsp3) is 0.250.